The molecule has 0 saturated heterocycles. The Balaban J connectivity index is 1.82. The van der Waals surface area contributed by atoms with Crippen LogP contribution < -0.4 is 5.32 Å². The maximum absolute atomic E-state index is 13.4. The van der Waals surface area contributed by atoms with E-state index < -0.39 is 40.3 Å². The lowest BCUT2D eigenvalue weighted by Crippen LogP contribution is -2.27. The van der Waals surface area contributed by atoms with Crippen LogP contribution in [-0.4, -0.2) is 16.8 Å². The largest absolute Gasteiger partial charge is 0.447 e. The highest BCUT2D eigenvalue weighted by Crippen LogP contribution is 2.37. The summed E-state index contributed by atoms with van der Waals surface area (Å²) in [6.07, 6.45) is -6.66. The van der Waals surface area contributed by atoms with Gasteiger partial charge in [0.2, 0.25) is 6.10 Å². The number of hydrogen-bond acceptors (Lipinski definition) is 5. The van der Waals surface area contributed by atoms with Crippen LogP contribution in [0.2, 0.25) is 5.02 Å². The fourth-order valence-electron chi connectivity index (χ4n) is 3.03. The fourth-order valence-corrected chi connectivity index (χ4v) is 3.21. The summed E-state index contributed by atoms with van der Waals surface area (Å²) in [7, 11) is 0. The van der Waals surface area contributed by atoms with Crippen molar-refractivity contribution in [2.75, 3.05) is 5.32 Å². The zero-order valence-corrected chi connectivity index (χ0v) is 18.0. The van der Waals surface area contributed by atoms with Crippen molar-refractivity contribution >= 4 is 34.9 Å². The molecule has 0 radical (unpaired) electrons. The lowest BCUT2D eigenvalue weighted by molar-refractivity contribution is -0.384. The molecule has 0 aliphatic carbocycles. The third-order valence-electron chi connectivity index (χ3n) is 4.63. The quantitative estimate of drug-likeness (QED) is 0.258. The van der Waals surface area contributed by atoms with Crippen molar-refractivity contribution in [2.45, 2.75) is 18.7 Å². The normalized spacial score (nSPS) is 12.0. The Bertz CT molecular complexity index is 1200. The van der Waals surface area contributed by atoms with E-state index in [1.807, 2.05) is 0 Å². The second-order valence-corrected chi connectivity index (χ2v) is 7.49. The number of esters is 1. The second-order valence-electron chi connectivity index (χ2n) is 7.06. The van der Waals surface area contributed by atoms with Gasteiger partial charge < -0.3 is 10.1 Å². The first-order chi connectivity index (χ1) is 16.0. The average Bonchev–Trinajstić information content (AvgIpc) is 2.79. The van der Waals surface area contributed by atoms with Crippen LogP contribution in [0.1, 0.15) is 22.8 Å². The Labute approximate surface area is 196 Å². The molecule has 0 bridgehead atoms. The molecule has 0 spiro atoms. The minimum Gasteiger partial charge on any atom is -0.447 e. The first-order valence-electron chi connectivity index (χ1n) is 9.70. The molecule has 1 N–H and O–H groups in total. The first-order valence-corrected chi connectivity index (χ1v) is 10.1. The van der Waals surface area contributed by atoms with E-state index in [1.165, 1.54) is 42.5 Å². The number of carbonyl (C=O) groups is 2. The number of alkyl halides is 3. The van der Waals surface area contributed by atoms with Crippen molar-refractivity contribution in [3.8, 4) is 0 Å². The van der Waals surface area contributed by atoms with E-state index in [-0.39, 0.29) is 22.7 Å². The van der Waals surface area contributed by atoms with Crippen molar-refractivity contribution in [3.05, 3.63) is 105 Å². The molecule has 0 fully saturated rings. The topological polar surface area (TPSA) is 98.5 Å². The van der Waals surface area contributed by atoms with Gasteiger partial charge in [-0.25, -0.2) is 0 Å². The lowest BCUT2D eigenvalue weighted by atomic mass is 10.1. The van der Waals surface area contributed by atoms with Gasteiger partial charge in [-0.15, -0.1) is 0 Å². The van der Waals surface area contributed by atoms with Crippen LogP contribution >= 0.6 is 11.6 Å². The fraction of sp³-hybridized carbons (Fsp3) is 0.130. The Morgan fingerprint density at radius 1 is 1.03 bits per heavy atom. The maximum Gasteiger partial charge on any atom is 0.418 e. The Morgan fingerprint density at radius 3 is 2.26 bits per heavy atom. The molecule has 0 aliphatic heterocycles. The molecule has 0 heterocycles. The molecule has 3 aromatic carbocycles. The number of halogens is 4. The molecule has 34 heavy (non-hydrogen) atoms. The highest BCUT2D eigenvalue weighted by molar-refractivity contribution is 6.30. The molecule has 3 aromatic rings. The van der Waals surface area contributed by atoms with E-state index in [9.17, 15) is 32.9 Å². The van der Waals surface area contributed by atoms with Crippen LogP contribution in [-0.2, 0) is 26.9 Å². The van der Waals surface area contributed by atoms with Gasteiger partial charge in [0.25, 0.3) is 11.6 Å². The number of nitro benzene ring substituents is 1. The summed E-state index contributed by atoms with van der Waals surface area (Å²) in [5, 5.41) is 12.8. The van der Waals surface area contributed by atoms with Crippen molar-refractivity contribution in [1.29, 1.82) is 0 Å². The van der Waals surface area contributed by atoms with E-state index in [2.05, 4.69) is 5.32 Å². The summed E-state index contributed by atoms with van der Waals surface area (Å²) in [6, 6.07) is 15.8. The minimum atomic E-state index is -4.79. The predicted octanol–water partition coefficient (Wildman–Crippen LogP) is 5.73. The number of anilines is 1. The third kappa shape index (κ3) is 6.32. The van der Waals surface area contributed by atoms with Gasteiger partial charge in [0.15, 0.2) is 0 Å². The van der Waals surface area contributed by atoms with Gasteiger partial charge in [-0.3, -0.25) is 19.7 Å². The summed E-state index contributed by atoms with van der Waals surface area (Å²) in [5.74, 6) is -1.86. The zero-order chi connectivity index (χ0) is 24.9. The smallest absolute Gasteiger partial charge is 0.418 e. The molecule has 11 heteroatoms. The van der Waals surface area contributed by atoms with Gasteiger partial charge in [-0.1, -0.05) is 54.1 Å². The maximum atomic E-state index is 13.4. The number of amides is 1. The van der Waals surface area contributed by atoms with Crippen LogP contribution in [0.3, 0.4) is 0 Å². The van der Waals surface area contributed by atoms with E-state index in [0.717, 1.165) is 6.07 Å². The van der Waals surface area contributed by atoms with E-state index in [4.69, 9.17) is 16.3 Å². The number of hydrogen-bond donors (Lipinski definition) is 1. The van der Waals surface area contributed by atoms with Crippen molar-refractivity contribution < 1.29 is 32.4 Å². The van der Waals surface area contributed by atoms with Crippen LogP contribution in [0.25, 0.3) is 0 Å². The van der Waals surface area contributed by atoms with Gasteiger partial charge in [0, 0.05) is 22.7 Å². The van der Waals surface area contributed by atoms with Crippen molar-refractivity contribution in [1.82, 2.24) is 0 Å². The molecule has 0 saturated carbocycles. The van der Waals surface area contributed by atoms with E-state index in [1.54, 1.807) is 18.2 Å². The molecule has 7 nitrogen and oxygen atoms in total. The van der Waals surface area contributed by atoms with E-state index in [0.29, 0.717) is 11.6 Å². The number of nitro groups is 1. The van der Waals surface area contributed by atoms with Crippen LogP contribution in [0.15, 0.2) is 72.8 Å². The molecule has 176 valence electrons. The summed E-state index contributed by atoms with van der Waals surface area (Å²) in [6.45, 7) is 0. The molecule has 0 aromatic heterocycles. The third-order valence-corrected chi connectivity index (χ3v) is 4.87. The van der Waals surface area contributed by atoms with Gasteiger partial charge >= 0.3 is 12.1 Å². The molecule has 3 rings (SSSR count). The summed E-state index contributed by atoms with van der Waals surface area (Å²) < 4.78 is 45.5. The molecular weight excluding hydrogens is 477 g/mol. The number of rotatable bonds is 7. The van der Waals surface area contributed by atoms with Gasteiger partial charge in [-0.05, 0) is 23.8 Å². The average molecular weight is 493 g/mol. The predicted molar refractivity (Wildman–Crippen MR) is 117 cm³/mol. The van der Waals surface area contributed by atoms with Crippen LogP contribution in [0.5, 0.6) is 0 Å². The number of nitrogens with one attached hydrogen (secondary N) is 1. The summed E-state index contributed by atoms with van der Waals surface area (Å²) >= 11 is 5.67. The molecule has 0 unspecified atom stereocenters. The molecule has 1 amide bonds. The number of non-ortho nitro benzene ring substituents is 1. The Hall–Kier alpha value is -3.92. The van der Waals surface area contributed by atoms with Crippen LogP contribution in [0.4, 0.5) is 24.5 Å². The van der Waals surface area contributed by atoms with Gasteiger partial charge in [0.1, 0.15) is 0 Å². The number of benzene rings is 3. The van der Waals surface area contributed by atoms with E-state index >= 15 is 0 Å². The lowest BCUT2D eigenvalue weighted by Gasteiger charge is -2.20. The molecule has 1 atom stereocenters. The molecule has 0 aliphatic rings. The molecular formula is C23H16ClF3N2O5. The van der Waals surface area contributed by atoms with Crippen LogP contribution in [0, 0.1) is 10.1 Å². The highest BCUT2D eigenvalue weighted by Gasteiger charge is 2.35. The SMILES string of the molecule is O=C(Cc1ccc([N+](=O)[O-])cc1)O[C@H](C(=O)Nc1ccc(Cl)cc1C(F)(F)F)c1ccccc1. The van der Waals surface area contributed by atoms with Gasteiger partial charge in [0.05, 0.1) is 22.6 Å². The number of ether oxygens (including phenoxy) is 1. The van der Waals surface area contributed by atoms with Gasteiger partial charge in [-0.2, -0.15) is 13.2 Å². The monoisotopic (exact) mass is 492 g/mol. The number of carbonyl (C=O) groups excluding carboxylic acids is 2. The zero-order valence-electron chi connectivity index (χ0n) is 17.2. The minimum absolute atomic E-state index is 0.165. The standard InChI is InChI=1S/C23H16ClF3N2O5/c24-16-8-11-19(18(13-16)23(25,26)27)28-22(31)21(15-4-2-1-3-5-15)34-20(30)12-14-6-9-17(10-7-14)29(32)33/h1-11,13,21H,12H2,(H,28,31)/t21-/m0/s1. The summed E-state index contributed by atoms with van der Waals surface area (Å²) in [5.41, 5.74) is -1.24. The Morgan fingerprint density at radius 2 is 1.68 bits per heavy atom. The summed E-state index contributed by atoms with van der Waals surface area (Å²) in [4.78, 5) is 35.6. The first kappa shape index (κ1) is 24.7. The second kappa shape index (κ2) is 10.3. The van der Waals surface area contributed by atoms with Crippen molar-refractivity contribution in [2.24, 2.45) is 0 Å². The Kier molecular flexibility index (Phi) is 7.52. The van der Waals surface area contributed by atoms with Crippen molar-refractivity contribution in [3.63, 3.8) is 0 Å². The highest BCUT2D eigenvalue weighted by atomic mass is 35.5. The number of nitrogens with zero attached hydrogens (tertiary/aromatic N) is 1.